The standard InChI is InChI=1S/C20H13F3N2O3S2/c1-27-16-8-11(9-17-18(26)25-19(29-2)30-17)3-6-15(16)28-14-5-4-12(10-24)7-13(14)20(21,22)23/h3-9H,1-2H3. The number of carbonyl (C=O) groups excluding carboxylic acids is 1. The Kier molecular flexibility index (Phi) is 6.43. The molecular formula is C20H13F3N2O3S2. The van der Waals surface area contributed by atoms with Gasteiger partial charge in [0.1, 0.15) is 10.1 Å². The van der Waals surface area contributed by atoms with Gasteiger partial charge in [-0.2, -0.15) is 23.4 Å². The number of rotatable bonds is 4. The number of hydrogen-bond donors (Lipinski definition) is 0. The molecule has 1 aliphatic heterocycles. The minimum atomic E-state index is -4.70. The van der Waals surface area contributed by atoms with Crippen molar-refractivity contribution in [2.24, 2.45) is 4.99 Å². The molecular weight excluding hydrogens is 437 g/mol. The monoisotopic (exact) mass is 450 g/mol. The highest BCUT2D eigenvalue weighted by Gasteiger charge is 2.35. The second-order valence-corrected chi connectivity index (χ2v) is 7.91. The lowest BCUT2D eigenvalue weighted by atomic mass is 10.1. The van der Waals surface area contributed by atoms with Crippen LogP contribution in [0.25, 0.3) is 6.08 Å². The molecule has 0 unspecified atom stereocenters. The second kappa shape index (κ2) is 8.85. The maximum atomic E-state index is 13.4. The molecule has 0 fully saturated rings. The highest BCUT2D eigenvalue weighted by atomic mass is 32.2. The first kappa shape index (κ1) is 21.8. The molecule has 0 saturated carbocycles. The fraction of sp³-hybridized carbons (Fsp3) is 0.150. The minimum absolute atomic E-state index is 0.0568. The molecule has 10 heteroatoms. The number of halogens is 3. The van der Waals surface area contributed by atoms with Crippen LogP contribution in [0.15, 0.2) is 46.3 Å². The topological polar surface area (TPSA) is 71.7 Å². The number of methoxy groups -OCH3 is 1. The van der Waals surface area contributed by atoms with Crippen molar-refractivity contribution in [1.29, 1.82) is 5.26 Å². The normalized spacial score (nSPS) is 15.1. The zero-order valence-corrected chi connectivity index (χ0v) is 17.2. The van der Waals surface area contributed by atoms with Crippen LogP contribution in [0.1, 0.15) is 16.7 Å². The average Bonchev–Trinajstić information content (AvgIpc) is 3.08. The number of thioether (sulfide) groups is 2. The van der Waals surface area contributed by atoms with Crippen molar-refractivity contribution in [2.45, 2.75) is 6.18 Å². The van der Waals surface area contributed by atoms with E-state index in [2.05, 4.69) is 4.99 Å². The number of carbonyl (C=O) groups is 1. The van der Waals surface area contributed by atoms with Gasteiger partial charge in [0.2, 0.25) is 0 Å². The Labute approximate surface area is 178 Å². The lowest BCUT2D eigenvalue weighted by molar-refractivity contribution is -0.138. The Hall–Kier alpha value is -2.90. The number of nitriles is 1. The smallest absolute Gasteiger partial charge is 0.420 e. The summed E-state index contributed by atoms with van der Waals surface area (Å²) in [6, 6.07) is 9.32. The van der Waals surface area contributed by atoms with Gasteiger partial charge >= 0.3 is 6.18 Å². The number of amides is 1. The van der Waals surface area contributed by atoms with E-state index in [0.29, 0.717) is 14.8 Å². The van der Waals surface area contributed by atoms with E-state index in [0.717, 1.165) is 12.1 Å². The molecule has 0 aliphatic carbocycles. The molecule has 0 atom stereocenters. The van der Waals surface area contributed by atoms with Crippen LogP contribution in [-0.4, -0.2) is 23.6 Å². The van der Waals surface area contributed by atoms with E-state index >= 15 is 0 Å². The van der Waals surface area contributed by atoms with Gasteiger partial charge in [-0.15, -0.1) is 11.8 Å². The summed E-state index contributed by atoms with van der Waals surface area (Å²) in [5.74, 6) is -0.564. The maximum absolute atomic E-state index is 13.4. The van der Waals surface area contributed by atoms with Crippen LogP contribution in [0.4, 0.5) is 13.2 Å². The SMILES string of the molecule is COc1cc(C=C2SC(SC)=NC2=O)ccc1Oc1ccc(C#N)cc1C(F)(F)F. The highest BCUT2D eigenvalue weighted by molar-refractivity contribution is 8.40. The lowest BCUT2D eigenvalue weighted by Gasteiger charge is -2.16. The van der Waals surface area contributed by atoms with Crippen molar-refractivity contribution in [2.75, 3.05) is 13.4 Å². The van der Waals surface area contributed by atoms with Gasteiger partial charge in [0, 0.05) is 0 Å². The highest BCUT2D eigenvalue weighted by Crippen LogP contribution is 2.41. The fourth-order valence-electron chi connectivity index (χ4n) is 2.52. The lowest BCUT2D eigenvalue weighted by Crippen LogP contribution is -2.08. The third-order valence-electron chi connectivity index (χ3n) is 3.89. The molecule has 30 heavy (non-hydrogen) atoms. The van der Waals surface area contributed by atoms with E-state index in [1.165, 1.54) is 42.8 Å². The van der Waals surface area contributed by atoms with Gasteiger partial charge in [0.25, 0.3) is 5.91 Å². The zero-order valence-electron chi connectivity index (χ0n) is 15.6. The molecule has 1 aliphatic rings. The predicted octanol–water partition coefficient (Wildman–Crippen LogP) is 5.71. The van der Waals surface area contributed by atoms with Gasteiger partial charge < -0.3 is 9.47 Å². The summed E-state index contributed by atoms with van der Waals surface area (Å²) in [5, 5.41) is 8.87. The summed E-state index contributed by atoms with van der Waals surface area (Å²) in [5.41, 5.74) is -0.595. The third-order valence-corrected chi connectivity index (χ3v) is 5.86. The summed E-state index contributed by atoms with van der Waals surface area (Å²) in [6.07, 6.45) is -1.26. The Balaban J connectivity index is 1.92. The average molecular weight is 450 g/mol. The van der Waals surface area contributed by atoms with Crippen LogP contribution in [0, 0.1) is 11.3 Å². The molecule has 2 aromatic carbocycles. The zero-order chi connectivity index (χ0) is 21.9. The summed E-state index contributed by atoms with van der Waals surface area (Å²) in [7, 11) is 1.35. The van der Waals surface area contributed by atoms with Gasteiger partial charge in [-0.05, 0) is 48.2 Å². The molecule has 0 saturated heterocycles. The van der Waals surface area contributed by atoms with Crippen molar-refractivity contribution in [3.63, 3.8) is 0 Å². The molecule has 0 spiro atoms. The van der Waals surface area contributed by atoms with E-state index in [1.54, 1.807) is 24.3 Å². The van der Waals surface area contributed by atoms with Crippen LogP contribution < -0.4 is 9.47 Å². The van der Waals surface area contributed by atoms with Crippen LogP contribution >= 0.6 is 23.5 Å². The van der Waals surface area contributed by atoms with Crippen molar-refractivity contribution < 1.29 is 27.4 Å². The summed E-state index contributed by atoms with van der Waals surface area (Å²) in [4.78, 5) is 16.2. The van der Waals surface area contributed by atoms with Crippen LogP contribution in [0.5, 0.6) is 17.2 Å². The van der Waals surface area contributed by atoms with Gasteiger partial charge in [0.05, 0.1) is 29.2 Å². The first-order valence-electron chi connectivity index (χ1n) is 8.29. The van der Waals surface area contributed by atoms with Crippen molar-refractivity contribution in [1.82, 2.24) is 0 Å². The Morgan fingerprint density at radius 2 is 1.90 bits per heavy atom. The Morgan fingerprint density at radius 1 is 1.17 bits per heavy atom. The number of ether oxygens (including phenoxy) is 2. The number of nitrogens with zero attached hydrogens (tertiary/aromatic N) is 2. The molecule has 154 valence electrons. The summed E-state index contributed by atoms with van der Waals surface area (Å²) >= 11 is 2.61. The maximum Gasteiger partial charge on any atom is 0.420 e. The molecule has 2 aromatic rings. The number of hydrogen-bond acceptors (Lipinski definition) is 6. The van der Waals surface area contributed by atoms with Crippen LogP contribution in [-0.2, 0) is 11.0 Å². The molecule has 0 radical (unpaired) electrons. The van der Waals surface area contributed by atoms with E-state index < -0.39 is 17.5 Å². The van der Waals surface area contributed by atoms with Gasteiger partial charge in [-0.1, -0.05) is 17.8 Å². The molecule has 0 aromatic heterocycles. The molecule has 1 amide bonds. The summed E-state index contributed by atoms with van der Waals surface area (Å²) in [6.45, 7) is 0. The minimum Gasteiger partial charge on any atom is -0.493 e. The van der Waals surface area contributed by atoms with E-state index in [4.69, 9.17) is 14.7 Å². The molecule has 0 N–H and O–H groups in total. The number of aliphatic imine (C=N–C) groups is 1. The van der Waals surface area contributed by atoms with Crippen molar-refractivity contribution >= 4 is 39.9 Å². The van der Waals surface area contributed by atoms with Crippen molar-refractivity contribution in [3.8, 4) is 23.3 Å². The van der Waals surface area contributed by atoms with Crippen LogP contribution in [0.3, 0.4) is 0 Å². The van der Waals surface area contributed by atoms with Gasteiger partial charge in [-0.25, -0.2) is 0 Å². The van der Waals surface area contributed by atoms with E-state index in [1.807, 2.05) is 6.26 Å². The Bertz CT molecular complexity index is 1110. The van der Waals surface area contributed by atoms with Crippen molar-refractivity contribution in [3.05, 3.63) is 58.0 Å². The number of benzene rings is 2. The summed E-state index contributed by atoms with van der Waals surface area (Å²) < 4.78 is 51.4. The fourth-order valence-corrected chi connectivity index (χ4v) is 3.94. The first-order valence-corrected chi connectivity index (χ1v) is 10.3. The van der Waals surface area contributed by atoms with Gasteiger partial charge in [0.15, 0.2) is 11.5 Å². The van der Waals surface area contributed by atoms with E-state index in [-0.39, 0.29) is 23.0 Å². The van der Waals surface area contributed by atoms with Crippen LogP contribution in [0.2, 0.25) is 0 Å². The Morgan fingerprint density at radius 3 is 2.50 bits per heavy atom. The third kappa shape index (κ3) is 4.80. The van der Waals surface area contributed by atoms with Gasteiger partial charge in [-0.3, -0.25) is 4.79 Å². The molecule has 1 heterocycles. The predicted molar refractivity (Wildman–Crippen MR) is 111 cm³/mol. The number of alkyl halides is 3. The largest absolute Gasteiger partial charge is 0.493 e. The molecule has 5 nitrogen and oxygen atoms in total. The molecule has 3 rings (SSSR count). The quantitative estimate of drug-likeness (QED) is 0.556. The first-order chi connectivity index (χ1) is 14.2. The van der Waals surface area contributed by atoms with E-state index in [9.17, 15) is 18.0 Å². The molecule has 0 bridgehead atoms. The second-order valence-electron chi connectivity index (χ2n) is 5.83.